The smallest absolute Gasteiger partial charge is 0.227 e. The molecule has 2 aromatic rings. The summed E-state index contributed by atoms with van der Waals surface area (Å²) in [5.41, 5.74) is 1.95. The number of nitrogens with zero attached hydrogens (tertiary/aromatic N) is 1. The quantitative estimate of drug-likeness (QED) is 0.724. The van der Waals surface area contributed by atoms with Gasteiger partial charge < -0.3 is 10.1 Å². The molecule has 4 heteroatoms. The van der Waals surface area contributed by atoms with Crippen LogP contribution in [0.2, 0.25) is 0 Å². The summed E-state index contributed by atoms with van der Waals surface area (Å²) in [6.07, 6.45) is 4.24. The maximum Gasteiger partial charge on any atom is 0.227 e. The lowest BCUT2D eigenvalue weighted by Crippen LogP contribution is -2.31. The van der Waals surface area contributed by atoms with Crippen LogP contribution in [0.25, 0.3) is 0 Å². The molecule has 1 N–H and O–H groups in total. The minimum Gasteiger partial charge on any atom is -0.385 e. The highest BCUT2D eigenvalue weighted by Gasteiger charge is 2.21. The van der Waals surface area contributed by atoms with Gasteiger partial charge in [0.2, 0.25) is 5.91 Å². The normalized spacial score (nSPS) is 11.9. The second kappa shape index (κ2) is 9.74. The number of pyridine rings is 1. The number of carbonyl (C=O) groups excluding carboxylic acids is 1. The van der Waals surface area contributed by atoms with Gasteiger partial charge in [0.05, 0.1) is 5.92 Å². The van der Waals surface area contributed by atoms with E-state index in [4.69, 9.17) is 4.74 Å². The van der Waals surface area contributed by atoms with Gasteiger partial charge in [-0.15, -0.1) is 0 Å². The Morgan fingerprint density at radius 3 is 2.61 bits per heavy atom. The molecule has 0 aliphatic heterocycles. The molecular formula is C19H24N2O2. The zero-order valence-electron chi connectivity index (χ0n) is 13.6. The number of benzene rings is 1. The number of hydrogen-bond acceptors (Lipinski definition) is 3. The van der Waals surface area contributed by atoms with Crippen molar-refractivity contribution in [1.29, 1.82) is 0 Å². The second-order valence-corrected chi connectivity index (χ2v) is 5.48. The maximum absolute atomic E-state index is 12.6. The van der Waals surface area contributed by atoms with E-state index >= 15 is 0 Å². The SMILES string of the molecule is COCCCCNC(=O)C(Cc1ccccn1)c1ccccc1. The largest absolute Gasteiger partial charge is 0.385 e. The fourth-order valence-electron chi connectivity index (χ4n) is 2.48. The van der Waals surface area contributed by atoms with Crippen LogP contribution in [0.15, 0.2) is 54.7 Å². The molecule has 0 radical (unpaired) electrons. The predicted molar refractivity (Wildman–Crippen MR) is 91.2 cm³/mol. The van der Waals surface area contributed by atoms with Crippen LogP contribution >= 0.6 is 0 Å². The highest BCUT2D eigenvalue weighted by Crippen LogP contribution is 2.20. The first-order valence-corrected chi connectivity index (χ1v) is 8.02. The average Bonchev–Trinajstić information content (AvgIpc) is 2.61. The number of ether oxygens (including phenoxy) is 1. The Morgan fingerprint density at radius 1 is 1.13 bits per heavy atom. The second-order valence-electron chi connectivity index (χ2n) is 5.48. The van der Waals surface area contributed by atoms with E-state index < -0.39 is 0 Å². The summed E-state index contributed by atoms with van der Waals surface area (Å²) in [5, 5.41) is 3.04. The van der Waals surface area contributed by atoms with Crippen LogP contribution in [0.4, 0.5) is 0 Å². The molecule has 0 bridgehead atoms. The van der Waals surface area contributed by atoms with Crippen molar-refractivity contribution in [3.05, 3.63) is 66.0 Å². The van der Waals surface area contributed by atoms with Crippen molar-refractivity contribution >= 4 is 5.91 Å². The van der Waals surface area contributed by atoms with Crippen molar-refractivity contribution in [2.24, 2.45) is 0 Å². The molecule has 1 unspecified atom stereocenters. The highest BCUT2D eigenvalue weighted by molar-refractivity contribution is 5.83. The predicted octanol–water partition coefficient (Wildman–Crippen LogP) is 2.95. The fourth-order valence-corrected chi connectivity index (χ4v) is 2.48. The van der Waals surface area contributed by atoms with Gasteiger partial charge in [0.25, 0.3) is 0 Å². The molecule has 0 aliphatic carbocycles. The minimum absolute atomic E-state index is 0.0549. The Bertz CT molecular complexity index is 572. The molecule has 2 rings (SSSR count). The zero-order chi connectivity index (χ0) is 16.3. The minimum atomic E-state index is -0.214. The van der Waals surface area contributed by atoms with E-state index in [0.29, 0.717) is 13.0 Å². The third-order valence-electron chi connectivity index (χ3n) is 3.73. The first kappa shape index (κ1) is 17.2. The number of carbonyl (C=O) groups is 1. The number of amides is 1. The first-order valence-electron chi connectivity index (χ1n) is 8.02. The van der Waals surface area contributed by atoms with Crippen molar-refractivity contribution < 1.29 is 9.53 Å². The van der Waals surface area contributed by atoms with E-state index in [9.17, 15) is 4.79 Å². The molecule has 0 saturated heterocycles. The monoisotopic (exact) mass is 312 g/mol. The van der Waals surface area contributed by atoms with Gasteiger partial charge in [0, 0.05) is 38.6 Å². The molecule has 122 valence electrons. The molecule has 1 heterocycles. The highest BCUT2D eigenvalue weighted by atomic mass is 16.5. The summed E-state index contributed by atoms with van der Waals surface area (Å²) < 4.78 is 5.02. The van der Waals surface area contributed by atoms with Crippen LogP contribution in [-0.4, -0.2) is 31.2 Å². The van der Waals surface area contributed by atoms with E-state index in [0.717, 1.165) is 30.7 Å². The Morgan fingerprint density at radius 2 is 1.91 bits per heavy atom. The molecule has 0 saturated carbocycles. The van der Waals surface area contributed by atoms with Crippen LogP contribution in [-0.2, 0) is 16.0 Å². The molecule has 1 aromatic carbocycles. The summed E-state index contributed by atoms with van der Waals surface area (Å²) in [5.74, 6) is -0.159. The van der Waals surface area contributed by atoms with Crippen LogP contribution in [0.1, 0.15) is 30.0 Å². The number of nitrogens with one attached hydrogen (secondary N) is 1. The van der Waals surface area contributed by atoms with Crippen LogP contribution in [0, 0.1) is 0 Å². The molecule has 1 aromatic heterocycles. The van der Waals surface area contributed by atoms with Crippen molar-refractivity contribution in [2.75, 3.05) is 20.3 Å². The topological polar surface area (TPSA) is 51.2 Å². The van der Waals surface area contributed by atoms with Crippen molar-refractivity contribution in [2.45, 2.75) is 25.2 Å². The van der Waals surface area contributed by atoms with Crippen molar-refractivity contribution in [1.82, 2.24) is 10.3 Å². The van der Waals surface area contributed by atoms with Gasteiger partial charge in [-0.25, -0.2) is 0 Å². The fraction of sp³-hybridized carbons (Fsp3) is 0.368. The van der Waals surface area contributed by atoms with Crippen LogP contribution < -0.4 is 5.32 Å². The third kappa shape index (κ3) is 5.83. The van der Waals surface area contributed by atoms with Gasteiger partial charge in [-0.3, -0.25) is 9.78 Å². The van der Waals surface area contributed by atoms with Crippen LogP contribution in [0.5, 0.6) is 0 Å². The molecule has 0 spiro atoms. The van der Waals surface area contributed by atoms with E-state index in [-0.39, 0.29) is 11.8 Å². The number of rotatable bonds is 9. The number of hydrogen-bond donors (Lipinski definition) is 1. The van der Waals surface area contributed by atoms with E-state index in [2.05, 4.69) is 10.3 Å². The number of unbranched alkanes of at least 4 members (excludes halogenated alkanes) is 1. The lowest BCUT2D eigenvalue weighted by atomic mass is 9.93. The lowest BCUT2D eigenvalue weighted by molar-refractivity contribution is -0.122. The van der Waals surface area contributed by atoms with Gasteiger partial charge in [-0.1, -0.05) is 36.4 Å². The number of methoxy groups -OCH3 is 1. The summed E-state index contributed by atoms with van der Waals surface area (Å²) in [7, 11) is 1.69. The standard InChI is InChI=1S/C19H24N2O2/c1-23-14-8-7-13-21-19(22)18(16-9-3-2-4-10-16)15-17-11-5-6-12-20-17/h2-6,9-12,18H,7-8,13-15H2,1H3,(H,21,22). The van der Waals surface area contributed by atoms with Gasteiger partial charge in [0.15, 0.2) is 0 Å². The average molecular weight is 312 g/mol. The first-order chi connectivity index (χ1) is 11.3. The van der Waals surface area contributed by atoms with Gasteiger partial charge in [-0.05, 0) is 30.5 Å². The molecule has 1 atom stereocenters. The summed E-state index contributed by atoms with van der Waals surface area (Å²) in [4.78, 5) is 17.0. The van der Waals surface area contributed by atoms with Crippen LogP contribution in [0.3, 0.4) is 0 Å². The van der Waals surface area contributed by atoms with Crippen molar-refractivity contribution in [3.8, 4) is 0 Å². The molecule has 4 nitrogen and oxygen atoms in total. The molecule has 0 aliphatic rings. The van der Waals surface area contributed by atoms with E-state index in [1.54, 1.807) is 13.3 Å². The lowest BCUT2D eigenvalue weighted by Gasteiger charge is -2.17. The molecule has 0 fully saturated rings. The number of aromatic nitrogens is 1. The zero-order valence-corrected chi connectivity index (χ0v) is 13.6. The maximum atomic E-state index is 12.6. The van der Waals surface area contributed by atoms with Gasteiger partial charge >= 0.3 is 0 Å². The molecule has 1 amide bonds. The summed E-state index contributed by atoms with van der Waals surface area (Å²) >= 11 is 0. The third-order valence-corrected chi connectivity index (χ3v) is 3.73. The Kier molecular flexibility index (Phi) is 7.27. The summed E-state index contributed by atoms with van der Waals surface area (Å²) in [6.45, 7) is 1.40. The van der Waals surface area contributed by atoms with E-state index in [1.165, 1.54) is 0 Å². The Labute approximate surface area is 137 Å². The Balaban J connectivity index is 2.00. The van der Waals surface area contributed by atoms with Gasteiger partial charge in [0.1, 0.15) is 0 Å². The molecule has 23 heavy (non-hydrogen) atoms. The van der Waals surface area contributed by atoms with E-state index in [1.807, 2.05) is 48.5 Å². The Hall–Kier alpha value is -2.20. The summed E-state index contributed by atoms with van der Waals surface area (Å²) in [6, 6.07) is 15.7. The van der Waals surface area contributed by atoms with Crippen molar-refractivity contribution in [3.63, 3.8) is 0 Å². The molecular weight excluding hydrogens is 288 g/mol. The van der Waals surface area contributed by atoms with Gasteiger partial charge in [-0.2, -0.15) is 0 Å².